The Balaban J connectivity index is 1.49. The monoisotopic (exact) mass is 534 g/mol. The zero-order valence-corrected chi connectivity index (χ0v) is 20.8. The van der Waals surface area contributed by atoms with Crippen LogP contribution in [0.2, 0.25) is 0 Å². The van der Waals surface area contributed by atoms with Crippen molar-refractivity contribution in [3.05, 3.63) is 78.4 Å². The molecule has 0 aromatic heterocycles. The van der Waals surface area contributed by atoms with Gasteiger partial charge < -0.3 is 19.5 Å². The zero-order chi connectivity index (χ0) is 27.0. The maximum atomic E-state index is 13.2. The molecule has 0 fully saturated rings. The van der Waals surface area contributed by atoms with Gasteiger partial charge in [0.2, 0.25) is 0 Å². The highest BCUT2D eigenvalue weighted by molar-refractivity contribution is 7.92. The first kappa shape index (κ1) is 27.4. The first-order chi connectivity index (χ1) is 17.6. The summed E-state index contributed by atoms with van der Waals surface area (Å²) in [5.41, 5.74) is 0.364. The second kappa shape index (κ2) is 12.2. The van der Waals surface area contributed by atoms with Gasteiger partial charge in [-0.05, 0) is 67.6 Å². The summed E-state index contributed by atoms with van der Waals surface area (Å²) in [6.07, 6.45) is 0. The van der Waals surface area contributed by atoms with Crippen molar-refractivity contribution >= 4 is 33.3 Å². The molecule has 3 rings (SSSR count). The number of nitrogens with zero attached hydrogens (tertiary/aromatic N) is 1. The molecule has 196 valence electrons. The first-order valence-corrected chi connectivity index (χ1v) is 12.4. The van der Waals surface area contributed by atoms with Crippen LogP contribution in [0.4, 0.5) is 20.2 Å². The number of halogens is 2. The average Bonchev–Trinajstić information content (AvgIpc) is 2.89. The van der Waals surface area contributed by atoms with E-state index in [4.69, 9.17) is 14.2 Å². The van der Waals surface area contributed by atoms with Crippen molar-refractivity contribution in [1.82, 2.24) is 0 Å². The van der Waals surface area contributed by atoms with Crippen molar-refractivity contribution in [2.75, 3.05) is 36.5 Å². The molecule has 0 saturated carbocycles. The van der Waals surface area contributed by atoms with E-state index < -0.39 is 46.7 Å². The van der Waals surface area contributed by atoms with Gasteiger partial charge in [0, 0.05) is 18.8 Å². The van der Waals surface area contributed by atoms with E-state index in [2.05, 4.69) is 5.32 Å². The molecule has 3 aromatic rings. The fraction of sp³-hybridized carbons (Fsp3) is 0.200. The summed E-state index contributed by atoms with van der Waals surface area (Å²) >= 11 is 0. The minimum Gasteiger partial charge on any atom is -0.494 e. The Morgan fingerprint density at radius 2 is 1.49 bits per heavy atom. The summed E-state index contributed by atoms with van der Waals surface area (Å²) in [5, 5.41) is 2.26. The molecule has 0 unspecified atom stereocenters. The summed E-state index contributed by atoms with van der Waals surface area (Å²) in [7, 11) is -2.41. The lowest BCUT2D eigenvalue weighted by molar-refractivity contribution is -0.149. The van der Waals surface area contributed by atoms with Gasteiger partial charge in [-0.15, -0.1) is 0 Å². The summed E-state index contributed by atoms with van der Waals surface area (Å²) in [4.78, 5) is 23.8. The number of esters is 1. The average molecular weight is 535 g/mol. The van der Waals surface area contributed by atoms with Crippen molar-refractivity contribution < 1.29 is 41.0 Å². The Labute approximate surface area is 212 Å². The Bertz CT molecular complexity index is 1350. The summed E-state index contributed by atoms with van der Waals surface area (Å²) in [5.74, 6) is -2.96. The van der Waals surface area contributed by atoms with E-state index in [9.17, 15) is 26.8 Å². The molecule has 1 N–H and O–H groups in total. The number of nitrogens with one attached hydrogen (secondary N) is 1. The van der Waals surface area contributed by atoms with Crippen LogP contribution < -0.4 is 19.1 Å². The van der Waals surface area contributed by atoms with E-state index >= 15 is 0 Å². The highest BCUT2D eigenvalue weighted by atomic mass is 32.2. The van der Waals surface area contributed by atoms with Crippen LogP contribution >= 0.6 is 0 Å². The van der Waals surface area contributed by atoms with Gasteiger partial charge in [0.1, 0.15) is 11.5 Å². The molecule has 0 saturated heterocycles. The minimum atomic E-state index is -3.82. The molecule has 0 aliphatic carbocycles. The fourth-order valence-electron chi connectivity index (χ4n) is 3.02. The predicted molar refractivity (Wildman–Crippen MR) is 131 cm³/mol. The second-order valence-electron chi connectivity index (χ2n) is 7.50. The van der Waals surface area contributed by atoms with E-state index in [0.29, 0.717) is 18.0 Å². The molecule has 1 amide bonds. The van der Waals surface area contributed by atoms with Gasteiger partial charge in [-0.25, -0.2) is 22.0 Å². The summed E-state index contributed by atoms with van der Waals surface area (Å²) in [6.45, 7) is 1.12. The standard InChI is InChI=1S/C25H24F2N2O7S/c1-3-34-19-9-11-21(12-10-19)37(32,33)29(2)18-5-7-20(8-6-18)35-16-25(31)36-15-24(30)28-17-4-13-22(26)23(27)14-17/h4-14H,3,15-16H2,1-2H3,(H,28,30). The molecular weight excluding hydrogens is 510 g/mol. The maximum absolute atomic E-state index is 13.2. The normalized spacial score (nSPS) is 10.9. The lowest BCUT2D eigenvalue weighted by atomic mass is 10.3. The van der Waals surface area contributed by atoms with E-state index in [-0.39, 0.29) is 16.3 Å². The van der Waals surface area contributed by atoms with Crippen LogP contribution in [0.5, 0.6) is 11.5 Å². The molecule has 0 aliphatic heterocycles. The molecule has 9 nitrogen and oxygen atoms in total. The first-order valence-electron chi connectivity index (χ1n) is 11.0. The predicted octanol–water partition coefficient (Wildman–Crippen LogP) is 3.75. The second-order valence-corrected chi connectivity index (χ2v) is 9.47. The Morgan fingerprint density at radius 3 is 2.11 bits per heavy atom. The van der Waals surface area contributed by atoms with Crippen LogP contribution in [0.1, 0.15) is 6.92 Å². The number of benzene rings is 3. The van der Waals surface area contributed by atoms with Crippen LogP contribution in [0.25, 0.3) is 0 Å². The smallest absolute Gasteiger partial charge is 0.344 e. The van der Waals surface area contributed by atoms with Gasteiger partial charge in [0.05, 0.1) is 17.2 Å². The third-order valence-electron chi connectivity index (χ3n) is 4.92. The van der Waals surface area contributed by atoms with Crippen molar-refractivity contribution in [2.45, 2.75) is 11.8 Å². The number of sulfonamides is 1. The van der Waals surface area contributed by atoms with Gasteiger partial charge in [-0.1, -0.05) is 0 Å². The van der Waals surface area contributed by atoms with Crippen molar-refractivity contribution in [3.8, 4) is 11.5 Å². The van der Waals surface area contributed by atoms with E-state index in [0.717, 1.165) is 22.5 Å². The van der Waals surface area contributed by atoms with E-state index in [1.165, 1.54) is 43.4 Å². The topological polar surface area (TPSA) is 111 Å². The van der Waals surface area contributed by atoms with Crippen molar-refractivity contribution in [2.24, 2.45) is 0 Å². The van der Waals surface area contributed by atoms with Crippen LogP contribution in [0, 0.1) is 11.6 Å². The lowest BCUT2D eigenvalue weighted by Gasteiger charge is -2.20. The quantitative estimate of drug-likeness (QED) is 0.373. The minimum absolute atomic E-state index is 0.00537. The third kappa shape index (κ3) is 7.40. The van der Waals surface area contributed by atoms with Gasteiger partial charge >= 0.3 is 5.97 Å². The molecule has 0 bridgehead atoms. The van der Waals surface area contributed by atoms with Crippen LogP contribution in [0.15, 0.2) is 71.6 Å². The Hall–Kier alpha value is -4.19. The number of rotatable bonds is 11. The number of anilines is 2. The number of carbonyl (C=O) groups excluding carboxylic acids is 2. The molecule has 0 spiro atoms. The summed E-state index contributed by atoms with van der Waals surface area (Å²) in [6, 6.07) is 14.8. The number of carbonyl (C=O) groups is 2. The molecule has 0 atom stereocenters. The van der Waals surface area contributed by atoms with Gasteiger partial charge in [-0.2, -0.15) is 0 Å². The van der Waals surface area contributed by atoms with Crippen molar-refractivity contribution in [3.63, 3.8) is 0 Å². The van der Waals surface area contributed by atoms with Gasteiger partial charge in [0.15, 0.2) is 24.8 Å². The molecule has 0 radical (unpaired) electrons. The Kier molecular flexibility index (Phi) is 9.01. The lowest BCUT2D eigenvalue weighted by Crippen LogP contribution is -2.26. The van der Waals surface area contributed by atoms with E-state index in [1.807, 2.05) is 6.92 Å². The van der Waals surface area contributed by atoms with Crippen LogP contribution in [0.3, 0.4) is 0 Å². The van der Waals surface area contributed by atoms with Gasteiger partial charge in [-0.3, -0.25) is 9.10 Å². The molecule has 37 heavy (non-hydrogen) atoms. The molecule has 0 aliphatic rings. The number of hydrogen-bond acceptors (Lipinski definition) is 7. The third-order valence-corrected chi connectivity index (χ3v) is 6.72. The van der Waals surface area contributed by atoms with Crippen LogP contribution in [-0.4, -0.2) is 47.2 Å². The van der Waals surface area contributed by atoms with Gasteiger partial charge in [0.25, 0.3) is 15.9 Å². The van der Waals surface area contributed by atoms with Crippen LogP contribution in [-0.2, 0) is 24.3 Å². The highest BCUT2D eigenvalue weighted by Gasteiger charge is 2.21. The van der Waals surface area contributed by atoms with Crippen molar-refractivity contribution in [1.29, 1.82) is 0 Å². The fourth-order valence-corrected chi connectivity index (χ4v) is 4.22. The largest absolute Gasteiger partial charge is 0.494 e. The SMILES string of the molecule is CCOc1ccc(S(=O)(=O)N(C)c2ccc(OCC(=O)OCC(=O)Nc3ccc(F)c(F)c3)cc2)cc1. The zero-order valence-electron chi connectivity index (χ0n) is 19.9. The molecule has 3 aromatic carbocycles. The Morgan fingerprint density at radius 1 is 0.865 bits per heavy atom. The number of ether oxygens (including phenoxy) is 3. The number of amides is 1. The summed E-state index contributed by atoms with van der Waals surface area (Å²) < 4.78 is 68.4. The molecule has 0 heterocycles. The van der Waals surface area contributed by atoms with E-state index in [1.54, 1.807) is 12.1 Å². The maximum Gasteiger partial charge on any atom is 0.344 e. The highest BCUT2D eigenvalue weighted by Crippen LogP contribution is 2.25. The number of hydrogen-bond donors (Lipinski definition) is 1. The molecular formula is C25H24F2N2O7S. The molecule has 12 heteroatoms.